The second kappa shape index (κ2) is 4.84. The molecule has 0 aromatic rings. The van der Waals surface area contributed by atoms with Crippen LogP contribution in [0.3, 0.4) is 0 Å². The number of halogens is 3. The highest BCUT2D eigenvalue weighted by Gasteiger charge is 2.54. The van der Waals surface area contributed by atoms with Crippen molar-refractivity contribution in [3.8, 4) is 0 Å². The quantitative estimate of drug-likeness (QED) is 0.770. The van der Waals surface area contributed by atoms with E-state index in [1.165, 1.54) is 0 Å². The van der Waals surface area contributed by atoms with E-state index in [0.29, 0.717) is 12.8 Å². The van der Waals surface area contributed by atoms with Crippen molar-refractivity contribution in [2.45, 2.75) is 57.9 Å². The van der Waals surface area contributed by atoms with Crippen LogP contribution >= 0.6 is 0 Å². The number of aliphatic hydroxyl groups excluding tert-OH is 1. The molecule has 0 spiro atoms. The van der Waals surface area contributed by atoms with Crippen molar-refractivity contribution in [2.24, 2.45) is 5.41 Å². The first-order chi connectivity index (χ1) is 7.66. The molecule has 1 saturated carbocycles. The zero-order valence-corrected chi connectivity index (χ0v) is 9.88. The fraction of sp³-hybridized carbons (Fsp3) is 0.909. The molecule has 3 nitrogen and oxygen atoms in total. The molecule has 1 N–H and O–H groups in total. The summed E-state index contributed by atoms with van der Waals surface area (Å²) in [7, 11) is 0. The van der Waals surface area contributed by atoms with Gasteiger partial charge in [-0.15, -0.1) is 0 Å². The van der Waals surface area contributed by atoms with Crippen molar-refractivity contribution in [3.05, 3.63) is 0 Å². The molecule has 1 fully saturated rings. The number of hydrogen-bond acceptors (Lipinski definition) is 3. The van der Waals surface area contributed by atoms with Gasteiger partial charge in [-0.1, -0.05) is 6.42 Å². The molecule has 0 saturated heterocycles. The molecule has 2 unspecified atom stereocenters. The minimum absolute atomic E-state index is 0.418. The maximum absolute atomic E-state index is 12.6. The number of ether oxygens (including phenoxy) is 1. The van der Waals surface area contributed by atoms with Gasteiger partial charge < -0.3 is 9.84 Å². The van der Waals surface area contributed by atoms with Crippen molar-refractivity contribution >= 4 is 5.97 Å². The van der Waals surface area contributed by atoms with E-state index in [4.69, 9.17) is 4.74 Å². The number of alkyl halides is 3. The Labute approximate surface area is 97.9 Å². The first-order valence-corrected chi connectivity index (χ1v) is 5.62. The zero-order chi connectivity index (χ0) is 13.3. The summed E-state index contributed by atoms with van der Waals surface area (Å²) in [5, 5.41) is 9.53. The van der Waals surface area contributed by atoms with E-state index in [-0.39, 0.29) is 0 Å². The highest BCUT2D eigenvalue weighted by atomic mass is 19.4. The predicted octanol–water partition coefficient (Wildman–Crippen LogP) is 2.42. The van der Waals surface area contributed by atoms with E-state index in [1.807, 2.05) is 0 Å². The lowest BCUT2D eigenvalue weighted by molar-refractivity contribution is -0.230. The monoisotopic (exact) mass is 254 g/mol. The van der Waals surface area contributed by atoms with Crippen molar-refractivity contribution in [2.75, 3.05) is 0 Å². The number of hydrogen-bond donors (Lipinski definition) is 1. The molecule has 100 valence electrons. The maximum Gasteiger partial charge on any atom is 0.404 e. The number of rotatable bonds is 2. The number of carbonyl (C=O) groups is 1. The third kappa shape index (κ3) is 3.12. The summed E-state index contributed by atoms with van der Waals surface area (Å²) >= 11 is 0. The molecule has 0 amide bonds. The van der Waals surface area contributed by atoms with E-state index in [0.717, 1.165) is 26.7 Å². The third-order valence-electron chi connectivity index (χ3n) is 3.15. The molecule has 1 rings (SSSR count). The number of carbonyl (C=O) groups excluding carboxylic acids is 1. The number of esters is 1. The van der Waals surface area contributed by atoms with Gasteiger partial charge in [0.1, 0.15) is 6.10 Å². The van der Waals surface area contributed by atoms with Gasteiger partial charge in [-0.25, -0.2) is 0 Å². The molecule has 17 heavy (non-hydrogen) atoms. The highest BCUT2D eigenvalue weighted by Crippen LogP contribution is 2.39. The molecule has 0 bridgehead atoms. The van der Waals surface area contributed by atoms with Crippen molar-refractivity contribution < 1.29 is 27.8 Å². The van der Waals surface area contributed by atoms with Crippen LogP contribution in [0, 0.1) is 5.41 Å². The topological polar surface area (TPSA) is 46.5 Å². The third-order valence-corrected chi connectivity index (χ3v) is 3.15. The molecule has 1 aliphatic carbocycles. The molecule has 2 atom stereocenters. The molecule has 1 aliphatic rings. The first-order valence-electron chi connectivity index (χ1n) is 5.62. The molecule has 0 aliphatic heterocycles. The lowest BCUT2D eigenvalue weighted by Gasteiger charge is -2.32. The van der Waals surface area contributed by atoms with E-state index in [1.54, 1.807) is 0 Å². The van der Waals surface area contributed by atoms with Gasteiger partial charge in [0.25, 0.3) is 0 Å². The summed E-state index contributed by atoms with van der Waals surface area (Å²) in [4.78, 5) is 11.5. The van der Waals surface area contributed by atoms with Crippen LogP contribution in [0.4, 0.5) is 13.2 Å². The Kier molecular flexibility index (Phi) is 4.06. The van der Waals surface area contributed by atoms with E-state index in [2.05, 4.69) is 0 Å². The average molecular weight is 254 g/mol. The minimum atomic E-state index is -4.65. The van der Waals surface area contributed by atoms with Crippen LogP contribution in [0.1, 0.15) is 39.5 Å². The fourth-order valence-electron chi connectivity index (χ4n) is 1.62. The van der Waals surface area contributed by atoms with Crippen LogP contribution in [-0.2, 0) is 9.53 Å². The smallest absolute Gasteiger partial charge is 0.404 e. The van der Waals surface area contributed by atoms with E-state index >= 15 is 0 Å². The van der Waals surface area contributed by atoms with Gasteiger partial charge in [0.05, 0.1) is 6.10 Å². The highest BCUT2D eigenvalue weighted by molar-refractivity contribution is 5.77. The largest absolute Gasteiger partial charge is 0.459 e. The van der Waals surface area contributed by atoms with E-state index in [9.17, 15) is 23.1 Å². The van der Waals surface area contributed by atoms with Gasteiger partial charge in [-0.2, -0.15) is 13.2 Å². The Morgan fingerprint density at radius 1 is 1.24 bits per heavy atom. The van der Waals surface area contributed by atoms with Gasteiger partial charge in [-0.3, -0.25) is 4.79 Å². The SMILES string of the molecule is CC(C)(C(=O)OC1CCCCC1O)C(F)(F)F. The summed E-state index contributed by atoms with van der Waals surface area (Å²) in [5.74, 6) is -1.32. The Morgan fingerprint density at radius 3 is 2.24 bits per heavy atom. The second-order valence-corrected chi connectivity index (χ2v) is 4.92. The standard InChI is InChI=1S/C11H17F3O3/c1-10(2,11(12,13)14)9(16)17-8-6-4-3-5-7(8)15/h7-8,15H,3-6H2,1-2H3. The summed E-state index contributed by atoms with van der Waals surface area (Å²) in [6.07, 6.45) is -3.87. The molecular weight excluding hydrogens is 237 g/mol. The second-order valence-electron chi connectivity index (χ2n) is 4.92. The van der Waals surface area contributed by atoms with Gasteiger partial charge in [-0.05, 0) is 33.1 Å². The lowest BCUT2D eigenvalue weighted by Crippen LogP contribution is -2.45. The summed E-state index contributed by atoms with van der Waals surface area (Å²) in [6, 6.07) is 0. The first kappa shape index (κ1) is 14.3. The average Bonchev–Trinajstić information content (AvgIpc) is 2.19. The van der Waals surface area contributed by atoms with Crippen molar-refractivity contribution in [3.63, 3.8) is 0 Å². The Morgan fingerprint density at radius 2 is 1.76 bits per heavy atom. The van der Waals surface area contributed by atoms with Gasteiger partial charge >= 0.3 is 12.1 Å². The summed E-state index contributed by atoms with van der Waals surface area (Å²) < 4.78 is 42.5. The van der Waals surface area contributed by atoms with Crippen molar-refractivity contribution in [1.29, 1.82) is 0 Å². The van der Waals surface area contributed by atoms with Crippen molar-refractivity contribution in [1.82, 2.24) is 0 Å². The van der Waals surface area contributed by atoms with Gasteiger partial charge in [0, 0.05) is 0 Å². The normalized spacial score (nSPS) is 26.7. The fourth-order valence-corrected chi connectivity index (χ4v) is 1.62. The van der Waals surface area contributed by atoms with Crippen LogP contribution < -0.4 is 0 Å². The van der Waals surface area contributed by atoms with Crippen LogP contribution in [-0.4, -0.2) is 29.5 Å². The number of aliphatic hydroxyl groups is 1. The maximum atomic E-state index is 12.6. The molecule has 0 aromatic carbocycles. The Hall–Kier alpha value is -0.780. The van der Waals surface area contributed by atoms with Gasteiger partial charge in [0.15, 0.2) is 5.41 Å². The molecule has 0 radical (unpaired) electrons. The molecule has 0 aromatic heterocycles. The van der Waals surface area contributed by atoms with Crippen LogP contribution in [0.2, 0.25) is 0 Å². The van der Waals surface area contributed by atoms with Crippen LogP contribution in [0.5, 0.6) is 0 Å². The zero-order valence-electron chi connectivity index (χ0n) is 9.88. The molecular formula is C11H17F3O3. The molecule has 6 heteroatoms. The Balaban J connectivity index is 2.65. The van der Waals surface area contributed by atoms with Gasteiger partial charge in [0.2, 0.25) is 0 Å². The molecule has 0 heterocycles. The lowest BCUT2D eigenvalue weighted by atomic mass is 9.91. The minimum Gasteiger partial charge on any atom is -0.459 e. The summed E-state index contributed by atoms with van der Waals surface area (Å²) in [6.45, 7) is 1.56. The summed E-state index contributed by atoms with van der Waals surface area (Å²) in [5.41, 5.74) is -2.54. The van der Waals surface area contributed by atoms with E-state index < -0.39 is 29.8 Å². The van der Waals surface area contributed by atoms with Crippen LogP contribution in [0.15, 0.2) is 0 Å². The Bertz CT molecular complexity index is 286. The predicted molar refractivity (Wildman–Crippen MR) is 54.2 cm³/mol. The van der Waals surface area contributed by atoms with Crippen LogP contribution in [0.25, 0.3) is 0 Å².